The Kier molecular flexibility index (Phi) is 1.33. The predicted octanol–water partition coefficient (Wildman–Crippen LogP) is 2.32. The number of fused-ring (bicyclic) bond motifs is 1. The van der Waals surface area contributed by atoms with Crippen molar-refractivity contribution in [1.82, 2.24) is 4.98 Å². The maximum Gasteiger partial charge on any atom is 0.169 e. The number of aromatic hydroxyl groups is 1. The molecule has 0 spiro atoms. The van der Waals surface area contributed by atoms with Crippen molar-refractivity contribution in [3.05, 3.63) is 29.7 Å². The second kappa shape index (κ2) is 2.24. The Hall–Kier alpha value is -1.51. The normalized spacial score (nSPS) is 10.8. The fourth-order valence-corrected chi connectivity index (χ4v) is 1.34. The van der Waals surface area contributed by atoms with Crippen LogP contribution in [-0.4, -0.2) is 10.1 Å². The minimum Gasteiger partial charge on any atom is -0.505 e. The number of phenolic OH excluding ortho intramolecular Hbond substituents is 1. The summed E-state index contributed by atoms with van der Waals surface area (Å²) in [5.74, 6) is -0.843. The molecule has 0 atom stereocenters. The maximum atomic E-state index is 13.1. The highest BCUT2D eigenvalue weighted by Gasteiger charge is 2.08. The summed E-state index contributed by atoms with van der Waals surface area (Å²) in [6, 6.07) is 3.20. The van der Waals surface area contributed by atoms with Crippen molar-refractivity contribution < 1.29 is 9.50 Å². The van der Waals surface area contributed by atoms with Gasteiger partial charge in [0.1, 0.15) is 0 Å². The quantitative estimate of drug-likeness (QED) is 0.617. The summed E-state index contributed by atoms with van der Waals surface area (Å²) in [5.41, 5.74) is 1.19. The maximum absolute atomic E-state index is 13.1. The van der Waals surface area contributed by atoms with Gasteiger partial charge in [-0.15, -0.1) is 0 Å². The van der Waals surface area contributed by atoms with Gasteiger partial charge in [-0.2, -0.15) is 0 Å². The average Bonchev–Trinajstić information content (AvgIpc) is 2.48. The van der Waals surface area contributed by atoms with Gasteiger partial charge < -0.3 is 10.1 Å². The smallest absolute Gasteiger partial charge is 0.169 e. The molecule has 0 aliphatic rings. The van der Waals surface area contributed by atoms with E-state index in [1.807, 2.05) is 0 Å². The molecule has 0 saturated heterocycles. The van der Waals surface area contributed by atoms with Crippen LogP contribution in [0.25, 0.3) is 10.9 Å². The summed E-state index contributed by atoms with van der Waals surface area (Å²) in [4.78, 5) is 2.90. The van der Waals surface area contributed by atoms with E-state index in [-0.39, 0.29) is 5.75 Å². The van der Waals surface area contributed by atoms with E-state index in [4.69, 9.17) is 5.11 Å². The van der Waals surface area contributed by atoms with Crippen LogP contribution in [0.1, 0.15) is 5.56 Å². The van der Waals surface area contributed by atoms with E-state index in [1.165, 1.54) is 6.07 Å². The highest BCUT2D eigenvalue weighted by molar-refractivity contribution is 5.84. The Morgan fingerprint density at radius 2 is 2.25 bits per heavy atom. The van der Waals surface area contributed by atoms with E-state index in [0.29, 0.717) is 5.56 Å². The van der Waals surface area contributed by atoms with Crippen LogP contribution < -0.4 is 0 Å². The summed E-state index contributed by atoms with van der Waals surface area (Å²) in [6.45, 7) is 1.63. The first-order chi connectivity index (χ1) is 5.70. The number of phenols is 1. The number of halogens is 1. The Morgan fingerprint density at radius 1 is 1.50 bits per heavy atom. The van der Waals surface area contributed by atoms with Crippen LogP contribution in [-0.2, 0) is 0 Å². The van der Waals surface area contributed by atoms with Gasteiger partial charge in [0.15, 0.2) is 11.6 Å². The van der Waals surface area contributed by atoms with Crippen molar-refractivity contribution in [3.63, 3.8) is 0 Å². The third kappa shape index (κ3) is 0.794. The van der Waals surface area contributed by atoms with Crippen molar-refractivity contribution in [1.29, 1.82) is 0 Å². The molecule has 1 aromatic heterocycles. The van der Waals surface area contributed by atoms with Crippen LogP contribution in [0.3, 0.4) is 0 Å². The van der Waals surface area contributed by atoms with Crippen LogP contribution in [0.4, 0.5) is 4.39 Å². The van der Waals surface area contributed by atoms with Crippen molar-refractivity contribution in [3.8, 4) is 5.75 Å². The summed E-state index contributed by atoms with van der Waals surface area (Å²) < 4.78 is 13.1. The highest BCUT2D eigenvalue weighted by Crippen LogP contribution is 2.26. The number of benzene rings is 1. The second-order valence-electron chi connectivity index (χ2n) is 2.78. The summed E-state index contributed by atoms with van der Waals surface area (Å²) in [5, 5.41) is 9.95. The molecule has 0 saturated carbocycles. The molecule has 3 heteroatoms. The van der Waals surface area contributed by atoms with Crippen LogP contribution in [0.15, 0.2) is 18.3 Å². The molecule has 62 valence electrons. The number of hydrogen-bond acceptors (Lipinski definition) is 1. The van der Waals surface area contributed by atoms with Gasteiger partial charge in [0.2, 0.25) is 0 Å². The number of aromatic nitrogens is 1. The van der Waals surface area contributed by atoms with Gasteiger partial charge in [0.05, 0.1) is 5.52 Å². The van der Waals surface area contributed by atoms with Crippen molar-refractivity contribution in [2.24, 2.45) is 0 Å². The van der Waals surface area contributed by atoms with Crippen molar-refractivity contribution in [2.75, 3.05) is 0 Å². The molecule has 0 fully saturated rings. The van der Waals surface area contributed by atoms with E-state index < -0.39 is 5.82 Å². The summed E-state index contributed by atoms with van der Waals surface area (Å²) in [6.07, 6.45) is 1.72. The molecule has 0 unspecified atom stereocenters. The van der Waals surface area contributed by atoms with Crippen LogP contribution in [0.5, 0.6) is 5.75 Å². The molecule has 0 bridgehead atoms. The Labute approximate surface area is 68.6 Å². The summed E-state index contributed by atoms with van der Waals surface area (Å²) >= 11 is 0. The van der Waals surface area contributed by atoms with Gasteiger partial charge in [-0.3, -0.25) is 0 Å². The molecule has 12 heavy (non-hydrogen) atoms. The molecular formula is C9H8FNO. The van der Waals surface area contributed by atoms with Crippen LogP contribution >= 0.6 is 0 Å². The number of H-pyrrole nitrogens is 1. The monoisotopic (exact) mass is 165 g/mol. The zero-order chi connectivity index (χ0) is 8.72. The third-order valence-electron chi connectivity index (χ3n) is 2.00. The molecule has 0 radical (unpaired) electrons. The average molecular weight is 165 g/mol. The molecule has 2 nitrogen and oxygen atoms in total. The molecular weight excluding hydrogens is 157 g/mol. The molecule has 0 aliphatic heterocycles. The highest BCUT2D eigenvalue weighted by atomic mass is 19.1. The molecule has 2 aromatic rings. The lowest BCUT2D eigenvalue weighted by molar-refractivity contribution is 0.431. The molecule has 2 rings (SSSR count). The van der Waals surface area contributed by atoms with E-state index in [2.05, 4.69) is 4.98 Å². The van der Waals surface area contributed by atoms with E-state index in [1.54, 1.807) is 19.2 Å². The SMILES string of the molecule is Cc1c(F)c(O)cc2cc[nH]c12. The lowest BCUT2D eigenvalue weighted by Crippen LogP contribution is -1.84. The zero-order valence-electron chi connectivity index (χ0n) is 6.56. The largest absolute Gasteiger partial charge is 0.505 e. The van der Waals surface area contributed by atoms with Crippen LogP contribution in [0, 0.1) is 12.7 Å². The van der Waals surface area contributed by atoms with Crippen molar-refractivity contribution >= 4 is 10.9 Å². The Balaban J connectivity index is 2.94. The molecule has 2 N–H and O–H groups in total. The molecule has 1 heterocycles. The zero-order valence-corrected chi connectivity index (χ0v) is 6.56. The second-order valence-corrected chi connectivity index (χ2v) is 2.78. The fourth-order valence-electron chi connectivity index (χ4n) is 1.34. The number of rotatable bonds is 0. The number of aromatic amines is 1. The lowest BCUT2D eigenvalue weighted by atomic mass is 10.1. The minimum atomic E-state index is -0.551. The van der Waals surface area contributed by atoms with E-state index >= 15 is 0 Å². The predicted molar refractivity (Wildman–Crippen MR) is 44.7 cm³/mol. The topological polar surface area (TPSA) is 36.0 Å². The number of aryl methyl sites for hydroxylation is 1. The molecule has 1 aromatic carbocycles. The van der Waals surface area contributed by atoms with E-state index in [0.717, 1.165) is 10.9 Å². The number of nitrogens with one attached hydrogen (secondary N) is 1. The van der Waals surface area contributed by atoms with Gasteiger partial charge in [0.25, 0.3) is 0 Å². The van der Waals surface area contributed by atoms with E-state index in [9.17, 15) is 4.39 Å². The van der Waals surface area contributed by atoms with Gasteiger partial charge in [-0.05, 0) is 19.1 Å². The van der Waals surface area contributed by atoms with Crippen LogP contribution in [0.2, 0.25) is 0 Å². The molecule has 0 amide bonds. The van der Waals surface area contributed by atoms with Gasteiger partial charge in [0, 0.05) is 17.1 Å². The molecule has 0 aliphatic carbocycles. The first-order valence-corrected chi connectivity index (χ1v) is 3.65. The Bertz CT molecular complexity index is 433. The lowest BCUT2D eigenvalue weighted by Gasteiger charge is -2.00. The third-order valence-corrected chi connectivity index (χ3v) is 2.00. The minimum absolute atomic E-state index is 0.292. The summed E-state index contributed by atoms with van der Waals surface area (Å²) in [7, 11) is 0. The fraction of sp³-hybridized carbons (Fsp3) is 0.111. The van der Waals surface area contributed by atoms with Gasteiger partial charge in [-0.1, -0.05) is 0 Å². The first-order valence-electron chi connectivity index (χ1n) is 3.65. The van der Waals surface area contributed by atoms with Gasteiger partial charge >= 0.3 is 0 Å². The Morgan fingerprint density at radius 3 is 3.00 bits per heavy atom. The van der Waals surface area contributed by atoms with Gasteiger partial charge in [-0.25, -0.2) is 4.39 Å². The number of hydrogen-bond donors (Lipinski definition) is 2. The standard InChI is InChI=1S/C9H8FNO/c1-5-8(10)7(12)4-6-2-3-11-9(5)6/h2-4,11-12H,1H3. The van der Waals surface area contributed by atoms with Crippen molar-refractivity contribution in [2.45, 2.75) is 6.92 Å². The first kappa shape index (κ1) is 7.16.